The largest absolute Gasteiger partial charge is 0.304 e. The summed E-state index contributed by atoms with van der Waals surface area (Å²) in [5, 5.41) is 10.8. The number of nitro groups is 1. The van der Waals surface area contributed by atoms with Crippen molar-refractivity contribution in [3.05, 3.63) is 69.8 Å². The van der Waals surface area contributed by atoms with Crippen molar-refractivity contribution < 1.29 is 13.3 Å². The molecule has 8 nitrogen and oxygen atoms in total. The van der Waals surface area contributed by atoms with Gasteiger partial charge in [-0.2, -0.15) is 0 Å². The molecule has 0 spiro atoms. The fraction of sp³-hybridized carbons (Fsp3) is 0.400. The lowest BCUT2D eigenvalue weighted by molar-refractivity contribution is -0.384. The zero-order valence-corrected chi connectivity index (χ0v) is 17.4. The molecule has 0 saturated carbocycles. The van der Waals surface area contributed by atoms with E-state index in [2.05, 4.69) is 21.6 Å². The summed E-state index contributed by atoms with van der Waals surface area (Å²) in [5.41, 5.74) is 2.07. The van der Waals surface area contributed by atoms with E-state index in [1.165, 1.54) is 24.3 Å². The third-order valence-electron chi connectivity index (χ3n) is 5.27. The van der Waals surface area contributed by atoms with Crippen LogP contribution >= 0.6 is 0 Å². The minimum Gasteiger partial charge on any atom is -0.304 e. The van der Waals surface area contributed by atoms with Crippen LogP contribution in [0.4, 0.5) is 5.69 Å². The van der Waals surface area contributed by atoms with E-state index in [0.717, 1.165) is 37.3 Å². The standard InChI is InChI=1S/C20H26N4O4S/c1-16-3-5-17(6-4-16)20(23-13-11-22(2)12-14-23)15-21-29(27,28)19-9-7-18(8-10-19)24(25)26/h3-10,20-21H,11-15H2,1-2H3/t20-/m1/s1. The van der Waals surface area contributed by atoms with Crippen molar-refractivity contribution in [3.8, 4) is 0 Å². The summed E-state index contributed by atoms with van der Waals surface area (Å²) in [6.07, 6.45) is 0. The molecule has 29 heavy (non-hydrogen) atoms. The molecule has 1 fully saturated rings. The number of non-ortho nitro benzene ring substituents is 1. The van der Waals surface area contributed by atoms with Gasteiger partial charge in [0.2, 0.25) is 10.0 Å². The van der Waals surface area contributed by atoms with Crippen LogP contribution in [0.25, 0.3) is 0 Å². The van der Waals surface area contributed by atoms with E-state index in [1.54, 1.807) is 0 Å². The summed E-state index contributed by atoms with van der Waals surface area (Å²) >= 11 is 0. The number of hydrogen-bond acceptors (Lipinski definition) is 6. The number of sulfonamides is 1. The normalized spacial score (nSPS) is 17.2. The van der Waals surface area contributed by atoms with Gasteiger partial charge < -0.3 is 4.90 Å². The van der Waals surface area contributed by atoms with Crippen molar-refractivity contribution in [2.24, 2.45) is 0 Å². The molecule has 1 heterocycles. The minimum atomic E-state index is -3.77. The van der Waals surface area contributed by atoms with Gasteiger partial charge >= 0.3 is 0 Å². The first kappa shape index (κ1) is 21.4. The SMILES string of the molecule is Cc1ccc([C@@H](CNS(=O)(=O)c2ccc([N+](=O)[O-])cc2)N2CCN(C)CC2)cc1. The predicted molar refractivity (Wildman–Crippen MR) is 111 cm³/mol. The van der Waals surface area contributed by atoms with Crippen LogP contribution < -0.4 is 4.72 Å². The smallest absolute Gasteiger partial charge is 0.269 e. The third-order valence-corrected chi connectivity index (χ3v) is 6.70. The second kappa shape index (κ2) is 9.00. The Morgan fingerprint density at radius 3 is 2.17 bits per heavy atom. The highest BCUT2D eigenvalue weighted by molar-refractivity contribution is 7.89. The summed E-state index contributed by atoms with van der Waals surface area (Å²) in [5.74, 6) is 0. The Kier molecular flexibility index (Phi) is 6.63. The molecule has 0 radical (unpaired) electrons. The Balaban J connectivity index is 1.78. The van der Waals surface area contributed by atoms with E-state index in [0.29, 0.717) is 0 Å². The summed E-state index contributed by atoms with van der Waals surface area (Å²) in [6.45, 7) is 5.82. The average Bonchev–Trinajstić information content (AvgIpc) is 2.70. The van der Waals surface area contributed by atoms with Crippen LogP contribution in [0.2, 0.25) is 0 Å². The Morgan fingerprint density at radius 2 is 1.62 bits per heavy atom. The average molecular weight is 419 g/mol. The molecule has 1 saturated heterocycles. The topological polar surface area (TPSA) is 95.8 Å². The molecular weight excluding hydrogens is 392 g/mol. The van der Waals surface area contributed by atoms with Crippen molar-refractivity contribution in [3.63, 3.8) is 0 Å². The van der Waals surface area contributed by atoms with Gasteiger partial charge in [-0.15, -0.1) is 0 Å². The van der Waals surface area contributed by atoms with E-state index in [9.17, 15) is 18.5 Å². The maximum atomic E-state index is 12.7. The third kappa shape index (κ3) is 5.39. The molecule has 3 rings (SSSR count). The molecule has 1 N–H and O–H groups in total. The Labute approximate surface area is 171 Å². The molecule has 1 aliphatic heterocycles. The van der Waals surface area contributed by atoms with Gasteiger partial charge in [-0.1, -0.05) is 29.8 Å². The van der Waals surface area contributed by atoms with Crippen molar-refractivity contribution in [1.29, 1.82) is 0 Å². The Hall–Kier alpha value is -2.33. The zero-order valence-electron chi connectivity index (χ0n) is 16.6. The van der Waals surface area contributed by atoms with Crippen molar-refractivity contribution in [1.82, 2.24) is 14.5 Å². The zero-order chi connectivity index (χ0) is 21.0. The van der Waals surface area contributed by atoms with Crippen molar-refractivity contribution in [2.75, 3.05) is 39.8 Å². The number of rotatable bonds is 7. The number of nitrogens with one attached hydrogen (secondary N) is 1. The lowest BCUT2D eigenvalue weighted by Crippen LogP contribution is -2.48. The molecule has 0 aliphatic carbocycles. The van der Waals surface area contributed by atoms with E-state index in [4.69, 9.17) is 0 Å². The van der Waals surface area contributed by atoms with Crippen LogP contribution in [0.15, 0.2) is 53.4 Å². The molecule has 2 aromatic carbocycles. The summed E-state index contributed by atoms with van der Waals surface area (Å²) in [6, 6.07) is 13.0. The number of aryl methyl sites for hydroxylation is 1. The van der Waals surface area contributed by atoms with Crippen LogP contribution in [0.3, 0.4) is 0 Å². The van der Waals surface area contributed by atoms with Gasteiger partial charge in [-0.05, 0) is 31.7 Å². The molecule has 0 unspecified atom stereocenters. The van der Waals surface area contributed by atoms with Crippen LogP contribution in [0.5, 0.6) is 0 Å². The first-order valence-corrected chi connectivity index (χ1v) is 11.0. The first-order valence-electron chi connectivity index (χ1n) is 9.49. The number of hydrogen-bond donors (Lipinski definition) is 1. The number of likely N-dealkylation sites (N-methyl/N-ethyl adjacent to an activating group) is 1. The van der Waals surface area contributed by atoms with Crippen LogP contribution in [0.1, 0.15) is 17.2 Å². The Morgan fingerprint density at radius 1 is 1.03 bits per heavy atom. The quantitative estimate of drug-likeness (QED) is 0.547. The molecular formula is C20H26N4O4S. The predicted octanol–water partition coefficient (Wildman–Crippen LogP) is 2.17. The van der Waals surface area contributed by atoms with Gasteiger partial charge in [-0.3, -0.25) is 15.0 Å². The van der Waals surface area contributed by atoms with Gasteiger partial charge in [0.05, 0.1) is 9.82 Å². The number of benzene rings is 2. The number of piperazine rings is 1. The molecule has 0 bridgehead atoms. The molecule has 9 heteroatoms. The highest BCUT2D eigenvalue weighted by atomic mass is 32.2. The second-order valence-corrected chi connectivity index (χ2v) is 9.14. The lowest BCUT2D eigenvalue weighted by atomic mass is 10.0. The molecule has 1 atom stereocenters. The van der Waals surface area contributed by atoms with Gasteiger partial charge in [0.25, 0.3) is 5.69 Å². The van der Waals surface area contributed by atoms with Gasteiger partial charge in [0.1, 0.15) is 0 Å². The van der Waals surface area contributed by atoms with Gasteiger partial charge in [0, 0.05) is 50.9 Å². The molecule has 0 aromatic heterocycles. The number of nitro benzene ring substituents is 1. The van der Waals surface area contributed by atoms with E-state index in [1.807, 2.05) is 31.2 Å². The minimum absolute atomic E-state index is 0.0177. The fourth-order valence-electron chi connectivity index (χ4n) is 3.40. The number of nitrogens with zero attached hydrogens (tertiary/aromatic N) is 3. The van der Waals surface area contributed by atoms with Crippen LogP contribution in [0, 0.1) is 17.0 Å². The van der Waals surface area contributed by atoms with Gasteiger partial charge in [0.15, 0.2) is 0 Å². The monoisotopic (exact) mass is 418 g/mol. The van der Waals surface area contributed by atoms with E-state index in [-0.39, 0.29) is 23.2 Å². The van der Waals surface area contributed by atoms with Crippen LogP contribution in [-0.2, 0) is 10.0 Å². The highest BCUT2D eigenvalue weighted by Gasteiger charge is 2.26. The highest BCUT2D eigenvalue weighted by Crippen LogP contribution is 2.23. The van der Waals surface area contributed by atoms with Crippen molar-refractivity contribution >= 4 is 15.7 Å². The van der Waals surface area contributed by atoms with E-state index >= 15 is 0 Å². The summed E-state index contributed by atoms with van der Waals surface area (Å²) in [7, 11) is -1.69. The maximum Gasteiger partial charge on any atom is 0.269 e. The molecule has 2 aromatic rings. The second-order valence-electron chi connectivity index (χ2n) is 7.37. The Bertz CT molecular complexity index is 937. The maximum absolute atomic E-state index is 12.7. The van der Waals surface area contributed by atoms with Crippen LogP contribution in [-0.4, -0.2) is 62.9 Å². The summed E-state index contributed by atoms with van der Waals surface area (Å²) < 4.78 is 28.2. The molecule has 0 amide bonds. The molecule has 1 aliphatic rings. The van der Waals surface area contributed by atoms with Crippen molar-refractivity contribution in [2.45, 2.75) is 17.9 Å². The fourth-order valence-corrected chi connectivity index (χ4v) is 4.44. The van der Waals surface area contributed by atoms with Gasteiger partial charge in [-0.25, -0.2) is 13.1 Å². The molecule has 156 valence electrons. The lowest BCUT2D eigenvalue weighted by Gasteiger charge is -2.38. The summed E-state index contributed by atoms with van der Waals surface area (Å²) in [4.78, 5) is 14.8. The first-order chi connectivity index (χ1) is 13.8. The van der Waals surface area contributed by atoms with E-state index < -0.39 is 14.9 Å².